The highest BCUT2D eigenvalue weighted by molar-refractivity contribution is 5.77. The molecule has 1 aliphatic carbocycles. The second-order valence-corrected chi connectivity index (χ2v) is 4.22. The van der Waals surface area contributed by atoms with Gasteiger partial charge in [-0.05, 0) is 12.8 Å². The Balaban J connectivity index is 2.25. The third-order valence-electron chi connectivity index (χ3n) is 2.82. The van der Waals surface area contributed by atoms with E-state index in [0.717, 1.165) is 32.1 Å². The summed E-state index contributed by atoms with van der Waals surface area (Å²) in [6.07, 6.45) is 4.44. The van der Waals surface area contributed by atoms with Gasteiger partial charge in [0.1, 0.15) is 6.61 Å². The SMILES string of the molecule is NCCOCC(=O)NC1CCCCCC1O. The van der Waals surface area contributed by atoms with Crippen LogP contribution >= 0.6 is 0 Å². The zero-order valence-electron chi connectivity index (χ0n) is 9.65. The van der Waals surface area contributed by atoms with E-state index in [1.807, 2.05) is 0 Å². The molecule has 1 aliphatic rings. The third kappa shape index (κ3) is 4.92. The molecule has 0 aromatic carbocycles. The van der Waals surface area contributed by atoms with E-state index in [2.05, 4.69) is 5.32 Å². The van der Waals surface area contributed by atoms with Crippen molar-refractivity contribution in [1.82, 2.24) is 5.32 Å². The van der Waals surface area contributed by atoms with Crippen molar-refractivity contribution in [3.63, 3.8) is 0 Å². The molecular weight excluding hydrogens is 208 g/mol. The van der Waals surface area contributed by atoms with Crippen LogP contribution in [0, 0.1) is 0 Å². The molecule has 16 heavy (non-hydrogen) atoms. The van der Waals surface area contributed by atoms with Crippen molar-refractivity contribution in [3.05, 3.63) is 0 Å². The monoisotopic (exact) mass is 230 g/mol. The van der Waals surface area contributed by atoms with Gasteiger partial charge in [0.05, 0.1) is 18.8 Å². The highest BCUT2D eigenvalue weighted by Crippen LogP contribution is 2.17. The van der Waals surface area contributed by atoms with E-state index in [-0.39, 0.29) is 18.6 Å². The smallest absolute Gasteiger partial charge is 0.246 e. The lowest BCUT2D eigenvalue weighted by Crippen LogP contribution is -2.44. The minimum absolute atomic E-state index is 0.0282. The number of nitrogens with two attached hydrogens (primary N) is 1. The van der Waals surface area contributed by atoms with Crippen molar-refractivity contribution in [2.75, 3.05) is 19.8 Å². The molecule has 4 N–H and O–H groups in total. The Morgan fingerprint density at radius 2 is 2.12 bits per heavy atom. The summed E-state index contributed by atoms with van der Waals surface area (Å²) < 4.78 is 5.03. The van der Waals surface area contributed by atoms with Crippen molar-refractivity contribution >= 4 is 5.91 Å². The molecule has 0 bridgehead atoms. The molecule has 2 atom stereocenters. The van der Waals surface area contributed by atoms with Crippen LogP contribution in [-0.2, 0) is 9.53 Å². The molecule has 0 aromatic rings. The molecule has 5 nitrogen and oxygen atoms in total. The normalized spacial score (nSPS) is 26.1. The van der Waals surface area contributed by atoms with Crippen molar-refractivity contribution in [2.24, 2.45) is 5.73 Å². The number of hydrogen-bond donors (Lipinski definition) is 3. The summed E-state index contributed by atoms with van der Waals surface area (Å²) in [5, 5.41) is 12.6. The largest absolute Gasteiger partial charge is 0.391 e. The van der Waals surface area contributed by atoms with Gasteiger partial charge in [-0.3, -0.25) is 4.79 Å². The minimum Gasteiger partial charge on any atom is -0.391 e. The molecule has 94 valence electrons. The maximum Gasteiger partial charge on any atom is 0.246 e. The van der Waals surface area contributed by atoms with Crippen LogP contribution in [0.25, 0.3) is 0 Å². The molecule has 0 heterocycles. The first-order valence-electron chi connectivity index (χ1n) is 5.99. The lowest BCUT2D eigenvalue weighted by molar-refractivity contribution is -0.127. The van der Waals surface area contributed by atoms with E-state index >= 15 is 0 Å². The standard InChI is InChI=1S/C11H22N2O3/c12-6-7-16-8-11(15)13-9-4-2-1-3-5-10(9)14/h9-10,14H,1-8,12H2,(H,13,15). The molecule has 0 saturated heterocycles. The van der Waals surface area contributed by atoms with E-state index in [0.29, 0.717) is 13.2 Å². The molecule has 1 amide bonds. The summed E-state index contributed by atoms with van der Waals surface area (Å²) in [6, 6.07) is -0.114. The van der Waals surface area contributed by atoms with E-state index in [9.17, 15) is 9.90 Å². The van der Waals surface area contributed by atoms with E-state index < -0.39 is 6.10 Å². The Kier molecular flexibility index (Phi) is 6.37. The lowest BCUT2D eigenvalue weighted by Gasteiger charge is -2.21. The number of ether oxygens (including phenoxy) is 1. The van der Waals surface area contributed by atoms with Crippen LogP contribution in [-0.4, -0.2) is 42.9 Å². The van der Waals surface area contributed by atoms with Gasteiger partial charge in [-0.1, -0.05) is 19.3 Å². The fraction of sp³-hybridized carbons (Fsp3) is 0.909. The second kappa shape index (κ2) is 7.60. The average Bonchev–Trinajstić information content (AvgIpc) is 2.45. The van der Waals surface area contributed by atoms with Crippen molar-refractivity contribution in [3.8, 4) is 0 Å². The number of hydrogen-bond acceptors (Lipinski definition) is 4. The fourth-order valence-electron chi connectivity index (χ4n) is 1.95. The highest BCUT2D eigenvalue weighted by atomic mass is 16.5. The van der Waals surface area contributed by atoms with Crippen LogP contribution in [0.4, 0.5) is 0 Å². The summed E-state index contributed by atoms with van der Waals surface area (Å²) in [5.41, 5.74) is 5.25. The van der Waals surface area contributed by atoms with Gasteiger partial charge in [0, 0.05) is 6.54 Å². The molecule has 0 radical (unpaired) electrons. The van der Waals surface area contributed by atoms with Gasteiger partial charge in [0.15, 0.2) is 0 Å². The Morgan fingerprint density at radius 1 is 1.38 bits per heavy atom. The number of carbonyl (C=O) groups is 1. The first-order valence-corrected chi connectivity index (χ1v) is 5.99. The topological polar surface area (TPSA) is 84.6 Å². The quantitative estimate of drug-likeness (QED) is 0.450. The summed E-state index contributed by atoms with van der Waals surface area (Å²) in [5.74, 6) is -0.167. The number of aliphatic hydroxyl groups is 1. The lowest BCUT2D eigenvalue weighted by atomic mass is 10.1. The van der Waals surface area contributed by atoms with Crippen LogP contribution in [0.3, 0.4) is 0 Å². The first-order chi connectivity index (χ1) is 7.74. The van der Waals surface area contributed by atoms with E-state index in [4.69, 9.17) is 10.5 Å². The number of aliphatic hydroxyl groups excluding tert-OH is 1. The van der Waals surface area contributed by atoms with Gasteiger partial charge < -0.3 is 20.9 Å². The van der Waals surface area contributed by atoms with Crippen molar-refractivity contribution in [2.45, 2.75) is 44.2 Å². The predicted molar refractivity (Wildman–Crippen MR) is 60.9 cm³/mol. The Bertz CT molecular complexity index is 211. The minimum atomic E-state index is -0.416. The molecule has 1 rings (SSSR count). The van der Waals surface area contributed by atoms with Gasteiger partial charge in [0.25, 0.3) is 0 Å². The molecule has 0 aliphatic heterocycles. The molecular formula is C11H22N2O3. The van der Waals surface area contributed by atoms with Crippen LogP contribution < -0.4 is 11.1 Å². The van der Waals surface area contributed by atoms with E-state index in [1.54, 1.807) is 0 Å². The van der Waals surface area contributed by atoms with Crippen molar-refractivity contribution < 1.29 is 14.6 Å². The Hall–Kier alpha value is -0.650. The average molecular weight is 230 g/mol. The van der Waals surface area contributed by atoms with E-state index in [1.165, 1.54) is 0 Å². The summed E-state index contributed by atoms with van der Waals surface area (Å²) in [4.78, 5) is 11.5. The number of amides is 1. The number of rotatable bonds is 5. The van der Waals surface area contributed by atoms with Crippen LogP contribution in [0.1, 0.15) is 32.1 Å². The maximum absolute atomic E-state index is 11.5. The maximum atomic E-state index is 11.5. The molecule has 0 spiro atoms. The molecule has 1 fully saturated rings. The third-order valence-corrected chi connectivity index (χ3v) is 2.82. The molecule has 1 saturated carbocycles. The van der Waals surface area contributed by atoms with Gasteiger partial charge >= 0.3 is 0 Å². The zero-order valence-corrected chi connectivity index (χ0v) is 9.65. The number of nitrogens with one attached hydrogen (secondary N) is 1. The second-order valence-electron chi connectivity index (χ2n) is 4.22. The van der Waals surface area contributed by atoms with Gasteiger partial charge in [0.2, 0.25) is 5.91 Å². The van der Waals surface area contributed by atoms with Gasteiger partial charge in [-0.25, -0.2) is 0 Å². The molecule has 5 heteroatoms. The highest BCUT2D eigenvalue weighted by Gasteiger charge is 2.22. The summed E-state index contributed by atoms with van der Waals surface area (Å²) >= 11 is 0. The Labute approximate surface area is 96.3 Å². The Morgan fingerprint density at radius 3 is 2.88 bits per heavy atom. The van der Waals surface area contributed by atoms with Crippen LogP contribution in [0.2, 0.25) is 0 Å². The van der Waals surface area contributed by atoms with Gasteiger partial charge in [-0.2, -0.15) is 0 Å². The van der Waals surface area contributed by atoms with Crippen LogP contribution in [0.15, 0.2) is 0 Å². The molecule has 0 aromatic heterocycles. The predicted octanol–water partition coefficient (Wildman–Crippen LogP) is -0.228. The summed E-state index contributed by atoms with van der Waals surface area (Å²) in [6.45, 7) is 0.834. The first kappa shape index (κ1) is 13.4. The molecule has 2 unspecified atom stereocenters. The number of carbonyl (C=O) groups excluding carboxylic acids is 1. The van der Waals surface area contributed by atoms with Crippen LogP contribution in [0.5, 0.6) is 0 Å². The van der Waals surface area contributed by atoms with Crippen molar-refractivity contribution in [1.29, 1.82) is 0 Å². The zero-order chi connectivity index (χ0) is 11.8. The van der Waals surface area contributed by atoms with Gasteiger partial charge in [-0.15, -0.1) is 0 Å². The fourth-order valence-corrected chi connectivity index (χ4v) is 1.95. The summed E-state index contributed by atoms with van der Waals surface area (Å²) in [7, 11) is 0.